The first kappa shape index (κ1) is 10.4. The highest BCUT2D eigenvalue weighted by Gasteiger charge is 2.33. The quantitative estimate of drug-likeness (QED) is 0.650. The molecule has 0 saturated carbocycles. The third kappa shape index (κ3) is 2.27. The van der Waals surface area contributed by atoms with Gasteiger partial charge in [-0.15, -0.1) is 0 Å². The highest BCUT2D eigenvalue weighted by Crippen LogP contribution is 2.21. The third-order valence-corrected chi connectivity index (χ3v) is 5.05. The Labute approximate surface area is 85.4 Å². The molecular formula is C9H18N2O2S. The van der Waals surface area contributed by atoms with Crippen LogP contribution in [0.3, 0.4) is 0 Å². The summed E-state index contributed by atoms with van der Waals surface area (Å²) in [4.78, 5) is 2.30. The van der Waals surface area contributed by atoms with Gasteiger partial charge in [-0.25, -0.2) is 8.42 Å². The fourth-order valence-electron chi connectivity index (χ4n) is 2.35. The molecule has 0 spiro atoms. The predicted octanol–water partition coefficient (Wildman–Crippen LogP) is -0.403. The van der Waals surface area contributed by atoms with Gasteiger partial charge in [-0.1, -0.05) is 0 Å². The second-order valence-corrected chi connectivity index (χ2v) is 6.66. The largest absolute Gasteiger partial charge is 0.328 e. The molecule has 0 aromatic rings. The van der Waals surface area contributed by atoms with Crippen molar-refractivity contribution in [1.82, 2.24) is 4.90 Å². The molecule has 0 aliphatic carbocycles. The molecule has 2 fully saturated rings. The molecule has 1 atom stereocenters. The number of hydrogen-bond donors (Lipinski definition) is 1. The topological polar surface area (TPSA) is 63.4 Å². The molecule has 82 valence electrons. The van der Waals surface area contributed by atoms with Crippen LogP contribution in [0.1, 0.15) is 19.3 Å². The van der Waals surface area contributed by atoms with E-state index in [-0.39, 0.29) is 6.04 Å². The Hall–Kier alpha value is -0.130. The minimum atomic E-state index is -2.73. The van der Waals surface area contributed by atoms with Crippen LogP contribution in [0.15, 0.2) is 0 Å². The molecule has 2 N–H and O–H groups in total. The molecule has 2 saturated heterocycles. The van der Waals surface area contributed by atoms with Crippen molar-refractivity contribution in [2.45, 2.75) is 31.3 Å². The molecule has 2 heterocycles. The van der Waals surface area contributed by atoms with E-state index in [1.807, 2.05) is 0 Å². The van der Waals surface area contributed by atoms with Crippen LogP contribution in [0, 0.1) is 0 Å². The summed E-state index contributed by atoms with van der Waals surface area (Å²) in [6.07, 6.45) is 2.84. The molecule has 0 aromatic carbocycles. The molecule has 4 nitrogen and oxygen atoms in total. The lowest BCUT2D eigenvalue weighted by molar-refractivity contribution is 0.166. The van der Waals surface area contributed by atoms with E-state index in [0.29, 0.717) is 17.5 Å². The summed E-state index contributed by atoms with van der Waals surface area (Å²) >= 11 is 0. The van der Waals surface area contributed by atoms with Crippen molar-refractivity contribution in [1.29, 1.82) is 0 Å². The van der Waals surface area contributed by atoms with Crippen LogP contribution >= 0.6 is 0 Å². The van der Waals surface area contributed by atoms with Crippen LogP contribution in [-0.4, -0.2) is 50.0 Å². The lowest BCUT2D eigenvalue weighted by Gasteiger charge is -2.34. The SMILES string of the molecule is NC1CCN([C@H]2CCS(=O)(=O)C2)CC1. The van der Waals surface area contributed by atoms with Crippen molar-refractivity contribution in [2.24, 2.45) is 5.73 Å². The Balaban J connectivity index is 1.91. The predicted molar refractivity (Wildman–Crippen MR) is 55.8 cm³/mol. The molecule has 0 aromatic heterocycles. The maximum absolute atomic E-state index is 11.3. The van der Waals surface area contributed by atoms with E-state index in [1.165, 1.54) is 0 Å². The average Bonchev–Trinajstić information content (AvgIpc) is 2.47. The molecule has 2 aliphatic heterocycles. The Bertz CT molecular complexity index is 294. The summed E-state index contributed by atoms with van der Waals surface area (Å²) in [5.41, 5.74) is 5.80. The zero-order chi connectivity index (χ0) is 10.2. The van der Waals surface area contributed by atoms with Crippen LogP contribution in [-0.2, 0) is 9.84 Å². The van der Waals surface area contributed by atoms with Crippen molar-refractivity contribution in [3.8, 4) is 0 Å². The van der Waals surface area contributed by atoms with Crippen LogP contribution in [0.5, 0.6) is 0 Å². The molecule has 0 amide bonds. The zero-order valence-electron chi connectivity index (χ0n) is 8.35. The van der Waals surface area contributed by atoms with Gasteiger partial charge in [0.2, 0.25) is 0 Å². The van der Waals surface area contributed by atoms with E-state index in [0.717, 1.165) is 32.4 Å². The van der Waals surface area contributed by atoms with Gasteiger partial charge in [0.25, 0.3) is 0 Å². The number of rotatable bonds is 1. The summed E-state index contributed by atoms with van der Waals surface area (Å²) in [5, 5.41) is 0. The number of nitrogens with two attached hydrogens (primary N) is 1. The molecule has 0 radical (unpaired) electrons. The molecule has 14 heavy (non-hydrogen) atoms. The zero-order valence-corrected chi connectivity index (χ0v) is 9.17. The standard InChI is InChI=1S/C9H18N2O2S/c10-8-1-4-11(5-2-8)9-3-6-14(12,13)7-9/h8-9H,1-7,10H2/t9-/m0/s1. The van der Waals surface area contributed by atoms with Crippen molar-refractivity contribution < 1.29 is 8.42 Å². The first-order valence-electron chi connectivity index (χ1n) is 5.27. The van der Waals surface area contributed by atoms with Crippen LogP contribution < -0.4 is 5.73 Å². The first-order valence-corrected chi connectivity index (χ1v) is 7.09. The second-order valence-electron chi connectivity index (χ2n) is 4.43. The van der Waals surface area contributed by atoms with Crippen LogP contribution in [0.4, 0.5) is 0 Å². The summed E-state index contributed by atoms with van der Waals surface area (Å²) < 4.78 is 22.6. The maximum Gasteiger partial charge on any atom is 0.151 e. The Kier molecular flexibility index (Phi) is 2.81. The number of sulfone groups is 1. The monoisotopic (exact) mass is 218 g/mol. The number of piperidine rings is 1. The van der Waals surface area contributed by atoms with Crippen molar-refractivity contribution >= 4 is 9.84 Å². The van der Waals surface area contributed by atoms with Gasteiger partial charge in [-0.05, 0) is 32.4 Å². The van der Waals surface area contributed by atoms with Gasteiger partial charge in [0, 0.05) is 12.1 Å². The second kappa shape index (κ2) is 3.79. The van der Waals surface area contributed by atoms with E-state index < -0.39 is 9.84 Å². The number of nitrogens with zero attached hydrogens (tertiary/aromatic N) is 1. The van der Waals surface area contributed by atoms with Gasteiger partial charge in [0.1, 0.15) is 0 Å². The van der Waals surface area contributed by atoms with E-state index in [9.17, 15) is 8.42 Å². The lowest BCUT2D eigenvalue weighted by Crippen LogP contribution is -2.45. The lowest BCUT2D eigenvalue weighted by atomic mass is 10.0. The summed E-state index contributed by atoms with van der Waals surface area (Å²) in [7, 11) is -2.73. The fourth-order valence-corrected chi connectivity index (χ4v) is 4.11. The third-order valence-electron chi connectivity index (χ3n) is 3.30. The van der Waals surface area contributed by atoms with Gasteiger partial charge < -0.3 is 5.73 Å². The maximum atomic E-state index is 11.3. The molecular weight excluding hydrogens is 200 g/mol. The minimum absolute atomic E-state index is 0.271. The molecule has 2 aliphatic rings. The van der Waals surface area contributed by atoms with Gasteiger partial charge in [0.15, 0.2) is 9.84 Å². The average molecular weight is 218 g/mol. The smallest absolute Gasteiger partial charge is 0.151 e. The highest BCUT2D eigenvalue weighted by molar-refractivity contribution is 7.91. The van der Waals surface area contributed by atoms with Crippen molar-refractivity contribution in [2.75, 3.05) is 24.6 Å². The minimum Gasteiger partial charge on any atom is -0.328 e. The van der Waals surface area contributed by atoms with Crippen LogP contribution in [0.2, 0.25) is 0 Å². The van der Waals surface area contributed by atoms with E-state index in [4.69, 9.17) is 5.73 Å². The fraction of sp³-hybridized carbons (Fsp3) is 1.00. The first-order chi connectivity index (χ1) is 6.57. The molecule has 5 heteroatoms. The Morgan fingerprint density at radius 2 is 1.79 bits per heavy atom. The Morgan fingerprint density at radius 3 is 2.29 bits per heavy atom. The van der Waals surface area contributed by atoms with Gasteiger partial charge in [-0.2, -0.15) is 0 Å². The summed E-state index contributed by atoms with van der Waals surface area (Å²) in [6, 6.07) is 0.594. The van der Waals surface area contributed by atoms with Gasteiger partial charge >= 0.3 is 0 Å². The van der Waals surface area contributed by atoms with Crippen molar-refractivity contribution in [3.63, 3.8) is 0 Å². The van der Waals surface area contributed by atoms with E-state index in [2.05, 4.69) is 4.90 Å². The highest BCUT2D eigenvalue weighted by atomic mass is 32.2. The Morgan fingerprint density at radius 1 is 1.14 bits per heavy atom. The van der Waals surface area contributed by atoms with E-state index in [1.54, 1.807) is 0 Å². The number of likely N-dealkylation sites (tertiary alicyclic amines) is 1. The normalized spacial score (nSPS) is 34.8. The van der Waals surface area contributed by atoms with Gasteiger partial charge in [0.05, 0.1) is 11.5 Å². The van der Waals surface area contributed by atoms with Crippen molar-refractivity contribution in [3.05, 3.63) is 0 Å². The number of hydrogen-bond acceptors (Lipinski definition) is 4. The molecule has 2 rings (SSSR count). The van der Waals surface area contributed by atoms with Gasteiger partial charge in [-0.3, -0.25) is 4.90 Å². The summed E-state index contributed by atoms with van der Waals surface area (Å²) in [5.74, 6) is 0.739. The molecule has 0 unspecified atom stereocenters. The molecule has 0 bridgehead atoms. The summed E-state index contributed by atoms with van der Waals surface area (Å²) in [6.45, 7) is 1.95. The van der Waals surface area contributed by atoms with Crippen LogP contribution in [0.25, 0.3) is 0 Å². The van der Waals surface area contributed by atoms with E-state index >= 15 is 0 Å².